The number of nitrogens with zero attached hydrogens (tertiary/aromatic N) is 1. The summed E-state index contributed by atoms with van der Waals surface area (Å²) in [6.45, 7) is 4.69. The van der Waals surface area contributed by atoms with Gasteiger partial charge in [0, 0.05) is 31.7 Å². The average molecular weight is 497 g/mol. The molecule has 0 bridgehead atoms. The number of hydrogen-bond acceptors (Lipinski definition) is 7. The Bertz CT molecular complexity index is 1180. The molecule has 2 aliphatic heterocycles. The van der Waals surface area contributed by atoms with E-state index in [1.54, 1.807) is 6.92 Å². The van der Waals surface area contributed by atoms with Gasteiger partial charge in [0.25, 0.3) is 0 Å². The summed E-state index contributed by atoms with van der Waals surface area (Å²) in [5.41, 5.74) is 1.65. The summed E-state index contributed by atoms with van der Waals surface area (Å²) in [5, 5.41) is 1.98. The standard InChI is InChI=1S/C23H29FN2O5S2/c1-17-7-8-19(24)22(13-17)33(29,30)23-16-32(27,28)15-20(23)25-14-21(18-5-3-2-4-6-18)26-9-11-31-12-10-26/h2-8,13,20-21,23,25H,9-12,14-16H2,1H3/t20-,21?,23-/m0/s1. The zero-order chi connectivity index (χ0) is 23.6. The van der Waals surface area contributed by atoms with E-state index in [9.17, 15) is 21.2 Å². The second-order valence-electron chi connectivity index (χ2n) is 8.68. The van der Waals surface area contributed by atoms with Crippen LogP contribution in [0.25, 0.3) is 0 Å². The maximum absolute atomic E-state index is 14.4. The first-order chi connectivity index (χ1) is 15.7. The molecule has 33 heavy (non-hydrogen) atoms. The van der Waals surface area contributed by atoms with Crippen molar-refractivity contribution < 1.29 is 26.0 Å². The fourth-order valence-corrected chi connectivity index (χ4v) is 9.46. The predicted octanol–water partition coefficient (Wildman–Crippen LogP) is 1.74. The van der Waals surface area contributed by atoms with Crippen LogP contribution in [-0.4, -0.2) is 77.4 Å². The van der Waals surface area contributed by atoms with Crippen LogP contribution in [0.4, 0.5) is 4.39 Å². The van der Waals surface area contributed by atoms with Crippen LogP contribution in [0.15, 0.2) is 53.4 Å². The van der Waals surface area contributed by atoms with Crippen molar-refractivity contribution in [1.82, 2.24) is 10.2 Å². The van der Waals surface area contributed by atoms with E-state index in [0.717, 1.165) is 24.7 Å². The Morgan fingerprint density at radius 1 is 1.12 bits per heavy atom. The van der Waals surface area contributed by atoms with Crippen LogP contribution < -0.4 is 5.32 Å². The number of ether oxygens (including phenoxy) is 1. The van der Waals surface area contributed by atoms with E-state index in [4.69, 9.17) is 4.74 Å². The molecule has 180 valence electrons. The zero-order valence-electron chi connectivity index (χ0n) is 18.5. The number of aryl methyl sites for hydroxylation is 1. The van der Waals surface area contributed by atoms with Gasteiger partial charge < -0.3 is 10.1 Å². The minimum atomic E-state index is -4.20. The maximum Gasteiger partial charge on any atom is 0.186 e. The zero-order valence-corrected chi connectivity index (χ0v) is 20.1. The Labute approximate surface area is 194 Å². The van der Waals surface area contributed by atoms with Gasteiger partial charge >= 0.3 is 0 Å². The monoisotopic (exact) mass is 496 g/mol. The molecule has 2 aromatic rings. The van der Waals surface area contributed by atoms with E-state index in [-0.39, 0.29) is 11.8 Å². The van der Waals surface area contributed by atoms with Crippen molar-refractivity contribution in [3.63, 3.8) is 0 Å². The molecule has 0 aliphatic carbocycles. The van der Waals surface area contributed by atoms with Gasteiger partial charge in [-0.1, -0.05) is 36.4 Å². The van der Waals surface area contributed by atoms with Gasteiger partial charge in [0.15, 0.2) is 19.7 Å². The van der Waals surface area contributed by atoms with E-state index in [2.05, 4.69) is 10.2 Å². The summed E-state index contributed by atoms with van der Waals surface area (Å²) in [4.78, 5) is 1.81. The number of hydrogen-bond donors (Lipinski definition) is 1. The van der Waals surface area contributed by atoms with Gasteiger partial charge in [-0.2, -0.15) is 0 Å². The molecule has 2 aromatic carbocycles. The molecule has 0 aromatic heterocycles. The largest absolute Gasteiger partial charge is 0.379 e. The number of morpholine rings is 1. The number of nitrogens with one attached hydrogen (secondary N) is 1. The summed E-state index contributed by atoms with van der Waals surface area (Å²) in [6.07, 6.45) is 0. The highest BCUT2D eigenvalue weighted by Crippen LogP contribution is 2.29. The molecule has 2 heterocycles. The first-order valence-corrected chi connectivity index (χ1v) is 14.3. The molecule has 3 atom stereocenters. The first kappa shape index (κ1) is 24.3. The lowest BCUT2D eigenvalue weighted by Crippen LogP contribution is -2.48. The van der Waals surface area contributed by atoms with Crippen molar-refractivity contribution in [2.75, 3.05) is 44.4 Å². The van der Waals surface area contributed by atoms with Gasteiger partial charge in [-0.25, -0.2) is 21.2 Å². The lowest BCUT2D eigenvalue weighted by atomic mass is 10.0. The van der Waals surface area contributed by atoms with Crippen LogP contribution >= 0.6 is 0 Å². The van der Waals surface area contributed by atoms with Crippen molar-refractivity contribution in [2.24, 2.45) is 0 Å². The quantitative estimate of drug-likeness (QED) is 0.624. The Balaban J connectivity index is 1.60. The van der Waals surface area contributed by atoms with E-state index in [0.29, 0.717) is 25.3 Å². The van der Waals surface area contributed by atoms with Crippen LogP contribution in [0, 0.1) is 12.7 Å². The van der Waals surface area contributed by atoms with Crippen LogP contribution in [0.3, 0.4) is 0 Å². The van der Waals surface area contributed by atoms with Crippen molar-refractivity contribution in [3.8, 4) is 0 Å². The number of benzene rings is 2. The SMILES string of the molecule is Cc1ccc(F)c(S(=O)(=O)[C@H]2CS(=O)(=O)C[C@@H]2NCC(c2ccccc2)N2CCOCC2)c1. The molecular formula is C23H29FN2O5S2. The highest BCUT2D eigenvalue weighted by atomic mass is 32.2. The third kappa shape index (κ3) is 5.46. The normalized spacial score (nSPS) is 24.5. The first-order valence-electron chi connectivity index (χ1n) is 11.0. The number of rotatable bonds is 7. The molecule has 10 heteroatoms. The fourth-order valence-electron chi connectivity index (χ4n) is 4.59. The minimum absolute atomic E-state index is 0.0718. The Morgan fingerprint density at radius 3 is 2.52 bits per heavy atom. The van der Waals surface area contributed by atoms with Crippen LogP contribution in [-0.2, 0) is 24.4 Å². The summed E-state index contributed by atoms with van der Waals surface area (Å²) in [7, 11) is -7.79. The Kier molecular flexibility index (Phi) is 7.20. The van der Waals surface area contributed by atoms with E-state index in [1.165, 1.54) is 12.1 Å². The average Bonchev–Trinajstić information content (AvgIpc) is 3.12. The molecular weight excluding hydrogens is 467 g/mol. The van der Waals surface area contributed by atoms with Crippen LogP contribution in [0.5, 0.6) is 0 Å². The van der Waals surface area contributed by atoms with Crippen molar-refractivity contribution in [2.45, 2.75) is 29.2 Å². The molecule has 0 saturated carbocycles. The van der Waals surface area contributed by atoms with Gasteiger partial charge in [-0.3, -0.25) is 4.90 Å². The molecule has 7 nitrogen and oxygen atoms in total. The van der Waals surface area contributed by atoms with Crippen molar-refractivity contribution in [3.05, 3.63) is 65.5 Å². The predicted molar refractivity (Wildman–Crippen MR) is 124 cm³/mol. The van der Waals surface area contributed by atoms with E-state index >= 15 is 0 Å². The second kappa shape index (κ2) is 9.79. The Hall–Kier alpha value is -1.85. The van der Waals surface area contributed by atoms with Gasteiger partial charge in [0.2, 0.25) is 0 Å². The van der Waals surface area contributed by atoms with E-state index < -0.39 is 47.4 Å². The van der Waals surface area contributed by atoms with Crippen LogP contribution in [0.1, 0.15) is 17.2 Å². The van der Waals surface area contributed by atoms with Crippen molar-refractivity contribution in [1.29, 1.82) is 0 Å². The van der Waals surface area contributed by atoms with Crippen molar-refractivity contribution >= 4 is 19.7 Å². The topological polar surface area (TPSA) is 92.8 Å². The lowest BCUT2D eigenvalue weighted by molar-refractivity contribution is 0.0158. The third-order valence-corrected chi connectivity index (χ3v) is 10.5. The smallest absolute Gasteiger partial charge is 0.186 e. The summed E-state index contributed by atoms with van der Waals surface area (Å²) in [6, 6.07) is 12.8. The van der Waals surface area contributed by atoms with Crippen LogP contribution in [0.2, 0.25) is 0 Å². The third-order valence-electron chi connectivity index (χ3n) is 6.34. The van der Waals surface area contributed by atoms with E-state index in [1.807, 2.05) is 30.3 Å². The molecule has 1 N–H and O–H groups in total. The second-order valence-corrected chi connectivity index (χ2v) is 13.0. The minimum Gasteiger partial charge on any atom is -0.379 e. The molecule has 0 spiro atoms. The van der Waals surface area contributed by atoms with Gasteiger partial charge in [0.1, 0.15) is 10.7 Å². The van der Waals surface area contributed by atoms with Gasteiger partial charge in [-0.05, 0) is 30.2 Å². The Morgan fingerprint density at radius 2 is 1.82 bits per heavy atom. The maximum atomic E-state index is 14.4. The highest BCUT2D eigenvalue weighted by Gasteiger charge is 2.46. The fraction of sp³-hybridized carbons (Fsp3) is 0.478. The molecule has 2 aliphatic rings. The van der Waals surface area contributed by atoms with Gasteiger partial charge in [0.05, 0.1) is 30.0 Å². The molecule has 4 rings (SSSR count). The molecule has 0 radical (unpaired) electrons. The summed E-state index contributed by atoms with van der Waals surface area (Å²) < 4.78 is 71.6. The molecule has 1 unspecified atom stereocenters. The molecule has 0 amide bonds. The lowest BCUT2D eigenvalue weighted by Gasteiger charge is -2.36. The number of halogens is 1. The highest BCUT2D eigenvalue weighted by molar-refractivity contribution is 7.96. The summed E-state index contributed by atoms with van der Waals surface area (Å²) >= 11 is 0. The summed E-state index contributed by atoms with van der Waals surface area (Å²) in [5.74, 6) is -1.68. The molecule has 2 saturated heterocycles. The van der Waals surface area contributed by atoms with Gasteiger partial charge in [-0.15, -0.1) is 0 Å². The number of sulfone groups is 2. The molecule has 2 fully saturated rings.